The van der Waals surface area contributed by atoms with E-state index in [4.69, 9.17) is 0 Å². The lowest BCUT2D eigenvalue weighted by Gasteiger charge is -2.28. The van der Waals surface area contributed by atoms with Crippen LogP contribution in [0.5, 0.6) is 0 Å². The van der Waals surface area contributed by atoms with E-state index in [0.717, 1.165) is 53.4 Å². The third kappa shape index (κ3) is 5.94. The number of aromatic amines is 1. The highest BCUT2D eigenvalue weighted by Crippen LogP contribution is 2.33. The molecule has 1 saturated carbocycles. The molecule has 0 radical (unpaired) electrons. The van der Waals surface area contributed by atoms with Gasteiger partial charge in [0, 0.05) is 42.7 Å². The van der Waals surface area contributed by atoms with Gasteiger partial charge in [0.05, 0.1) is 23.3 Å². The van der Waals surface area contributed by atoms with Crippen molar-refractivity contribution in [3.63, 3.8) is 0 Å². The van der Waals surface area contributed by atoms with E-state index in [1.54, 1.807) is 4.90 Å². The highest BCUT2D eigenvalue weighted by Gasteiger charge is 2.28. The first-order chi connectivity index (χ1) is 18.5. The average Bonchev–Trinajstić information content (AvgIpc) is 3.57. The summed E-state index contributed by atoms with van der Waals surface area (Å²) in [6, 6.07) is 13.7. The number of anilines is 1. The van der Waals surface area contributed by atoms with Crippen LogP contribution in [-0.4, -0.2) is 53.2 Å². The van der Waals surface area contributed by atoms with Gasteiger partial charge in [0.2, 0.25) is 5.91 Å². The number of aryl methyl sites for hydroxylation is 1. The minimum Gasteiger partial charge on any atom is -0.390 e. The number of H-pyrrole nitrogens is 1. The van der Waals surface area contributed by atoms with Gasteiger partial charge in [0.25, 0.3) is 5.91 Å². The fourth-order valence-electron chi connectivity index (χ4n) is 5.95. The van der Waals surface area contributed by atoms with E-state index < -0.39 is 12.1 Å². The molecule has 7 heteroatoms. The summed E-state index contributed by atoms with van der Waals surface area (Å²) >= 11 is 0. The molecule has 7 nitrogen and oxygen atoms in total. The number of aromatic nitrogens is 1. The zero-order valence-corrected chi connectivity index (χ0v) is 22.3. The summed E-state index contributed by atoms with van der Waals surface area (Å²) in [4.78, 5) is 31.5. The van der Waals surface area contributed by atoms with Gasteiger partial charge in [-0.3, -0.25) is 9.59 Å². The van der Waals surface area contributed by atoms with Crippen molar-refractivity contribution in [1.82, 2.24) is 15.6 Å². The second-order valence-corrected chi connectivity index (χ2v) is 10.8. The third-order valence-electron chi connectivity index (χ3n) is 8.16. The number of aliphatic hydroxyl groups excluding tert-OH is 1. The Hall–Kier alpha value is -3.16. The zero-order valence-electron chi connectivity index (χ0n) is 22.3. The average molecular weight is 517 g/mol. The van der Waals surface area contributed by atoms with Gasteiger partial charge in [-0.05, 0) is 55.4 Å². The van der Waals surface area contributed by atoms with E-state index in [1.165, 1.54) is 19.3 Å². The SMILES string of the molecule is CCc1c[nH]c2c(N3CCCC3=O)cc(C(=O)N[C@@H](Cc3ccccc3)[C@H](O)CNC3CCCCC3)cc12. The number of amides is 2. The second-order valence-electron chi connectivity index (χ2n) is 10.8. The molecule has 2 aliphatic rings. The van der Waals surface area contributed by atoms with Crippen LogP contribution in [0.15, 0.2) is 48.7 Å². The number of benzene rings is 2. The predicted molar refractivity (Wildman–Crippen MR) is 152 cm³/mol. The van der Waals surface area contributed by atoms with Crippen LogP contribution in [0.25, 0.3) is 10.9 Å². The van der Waals surface area contributed by atoms with Crippen LogP contribution in [0.2, 0.25) is 0 Å². The first-order valence-corrected chi connectivity index (χ1v) is 14.2. The first-order valence-electron chi connectivity index (χ1n) is 14.2. The molecule has 0 bridgehead atoms. The van der Waals surface area contributed by atoms with E-state index in [9.17, 15) is 14.7 Å². The van der Waals surface area contributed by atoms with E-state index in [1.807, 2.05) is 48.7 Å². The molecule has 1 aliphatic heterocycles. The molecule has 2 amide bonds. The Bertz CT molecular complexity index is 1250. The summed E-state index contributed by atoms with van der Waals surface area (Å²) in [5.74, 6) is -0.150. The second kappa shape index (κ2) is 12.1. The van der Waals surface area contributed by atoms with E-state index in [-0.39, 0.29) is 11.8 Å². The Morgan fingerprint density at radius 3 is 2.63 bits per heavy atom. The van der Waals surface area contributed by atoms with Crippen LogP contribution in [0.1, 0.15) is 73.4 Å². The Labute approximate surface area is 225 Å². The number of carbonyl (C=O) groups excluding carboxylic acids is 2. The summed E-state index contributed by atoms with van der Waals surface area (Å²) in [5, 5.41) is 18.9. The summed E-state index contributed by atoms with van der Waals surface area (Å²) in [5.41, 5.74) is 4.33. The van der Waals surface area contributed by atoms with Crippen molar-refractivity contribution in [2.24, 2.45) is 0 Å². The molecule has 1 aromatic heterocycles. The maximum absolute atomic E-state index is 13.7. The van der Waals surface area contributed by atoms with Crippen LogP contribution >= 0.6 is 0 Å². The number of nitrogens with one attached hydrogen (secondary N) is 3. The van der Waals surface area contributed by atoms with Crippen molar-refractivity contribution in [1.29, 1.82) is 0 Å². The number of hydrogen-bond donors (Lipinski definition) is 4. The van der Waals surface area contributed by atoms with Crippen molar-refractivity contribution in [3.05, 3.63) is 65.4 Å². The number of fused-ring (bicyclic) bond motifs is 1. The highest BCUT2D eigenvalue weighted by atomic mass is 16.3. The van der Waals surface area contributed by atoms with Gasteiger partial charge in [-0.15, -0.1) is 0 Å². The molecule has 2 heterocycles. The molecule has 1 saturated heterocycles. The molecular formula is C31H40N4O3. The van der Waals surface area contributed by atoms with E-state index in [0.29, 0.717) is 37.5 Å². The fourth-order valence-corrected chi connectivity index (χ4v) is 5.95. The molecule has 2 fully saturated rings. The number of nitrogens with zero attached hydrogens (tertiary/aromatic N) is 1. The maximum atomic E-state index is 13.7. The largest absolute Gasteiger partial charge is 0.390 e. The van der Waals surface area contributed by atoms with Crippen molar-refractivity contribution < 1.29 is 14.7 Å². The van der Waals surface area contributed by atoms with Gasteiger partial charge in [0.1, 0.15) is 0 Å². The Morgan fingerprint density at radius 1 is 1.13 bits per heavy atom. The van der Waals surface area contributed by atoms with E-state index in [2.05, 4.69) is 22.5 Å². The summed E-state index contributed by atoms with van der Waals surface area (Å²) in [6.45, 7) is 3.18. The van der Waals surface area contributed by atoms with Gasteiger partial charge in [-0.2, -0.15) is 0 Å². The molecule has 3 aromatic rings. The highest BCUT2D eigenvalue weighted by molar-refractivity contribution is 6.08. The summed E-state index contributed by atoms with van der Waals surface area (Å²) in [6.07, 6.45) is 9.93. The lowest BCUT2D eigenvalue weighted by molar-refractivity contribution is -0.117. The van der Waals surface area contributed by atoms with Crippen LogP contribution < -0.4 is 15.5 Å². The standard InChI is InChI=1S/C31H40N4O3/c1-2-22-19-33-30-25(22)17-23(18-27(30)35-15-9-14-29(35)37)31(38)34-26(16-21-10-5-3-6-11-21)28(36)20-32-24-12-7-4-8-13-24/h3,5-6,10-11,17-19,24,26,28,32-33,36H,2,4,7-9,12-16,20H2,1H3,(H,34,38)/t26-,28+/m0/s1. The number of rotatable bonds is 10. The molecule has 2 atom stereocenters. The van der Waals surface area contributed by atoms with Gasteiger partial charge >= 0.3 is 0 Å². The van der Waals surface area contributed by atoms with Gasteiger partial charge < -0.3 is 25.6 Å². The lowest BCUT2D eigenvalue weighted by Crippen LogP contribution is -2.50. The smallest absolute Gasteiger partial charge is 0.251 e. The minimum absolute atomic E-state index is 0.0858. The van der Waals surface area contributed by atoms with Gasteiger partial charge in [-0.25, -0.2) is 0 Å². The first kappa shape index (κ1) is 26.4. The van der Waals surface area contributed by atoms with Gasteiger partial charge in [-0.1, -0.05) is 56.5 Å². The van der Waals surface area contributed by atoms with Crippen molar-refractivity contribution >= 4 is 28.4 Å². The Kier molecular flexibility index (Phi) is 8.45. The lowest BCUT2D eigenvalue weighted by atomic mass is 9.94. The molecule has 2 aromatic carbocycles. The Balaban J connectivity index is 1.40. The van der Waals surface area contributed by atoms with Crippen molar-refractivity contribution in [3.8, 4) is 0 Å². The Morgan fingerprint density at radius 2 is 1.92 bits per heavy atom. The third-order valence-corrected chi connectivity index (χ3v) is 8.16. The monoisotopic (exact) mass is 516 g/mol. The maximum Gasteiger partial charge on any atom is 0.251 e. The number of aliphatic hydroxyl groups is 1. The molecule has 0 unspecified atom stereocenters. The molecule has 5 rings (SSSR count). The fraction of sp³-hybridized carbons (Fsp3) is 0.484. The van der Waals surface area contributed by atoms with Crippen LogP contribution in [0, 0.1) is 0 Å². The van der Waals surface area contributed by atoms with E-state index >= 15 is 0 Å². The molecule has 1 aliphatic carbocycles. The van der Waals surface area contributed by atoms with Gasteiger partial charge in [0.15, 0.2) is 0 Å². The summed E-state index contributed by atoms with van der Waals surface area (Å²) < 4.78 is 0. The zero-order chi connectivity index (χ0) is 26.5. The minimum atomic E-state index is -0.733. The topological polar surface area (TPSA) is 97.5 Å². The molecule has 38 heavy (non-hydrogen) atoms. The normalized spacial score (nSPS) is 18.2. The van der Waals surface area contributed by atoms with Crippen LogP contribution in [0.4, 0.5) is 5.69 Å². The van der Waals surface area contributed by atoms with Crippen molar-refractivity contribution in [2.75, 3.05) is 18.0 Å². The molecule has 4 N–H and O–H groups in total. The molecule has 0 spiro atoms. The van der Waals surface area contributed by atoms with Crippen LogP contribution in [-0.2, 0) is 17.6 Å². The van der Waals surface area contributed by atoms with Crippen LogP contribution in [0.3, 0.4) is 0 Å². The summed E-state index contributed by atoms with van der Waals surface area (Å²) in [7, 11) is 0. The molecular weight excluding hydrogens is 476 g/mol. The number of hydrogen-bond acceptors (Lipinski definition) is 4. The quantitative estimate of drug-likeness (QED) is 0.319. The number of carbonyl (C=O) groups is 2. The molecule has 202 valence electrons. The van der Waals surface area contributed by atoms with Crippen molar-refractivity contribution in [2.45, 2.75) is 82.9 Å². The predicted octanol–water partition coefficient (Wildman–Crippen LogP) is 4.48.